The Kier molecular flexibility index (Phi) is 7.04. The van der Waals surface area contributed by atoms with Crippen molar-refractivity contribution in [2.45, 2.75) is 19.4 Å². The van der Waals surface area contributed by atoms with Gasteiger partial charge in [-0.05, 0) is 18.1 Å². The summed E-state index contributed by atoms with van der Waals surface area (Å²) in [6.07, 6.45) is 0.631. The zero-order chi connectivity index (χ0) is 24.2. The van der Waals surface area contributed by atoms with Crippen molar-refractivity contribution in [3.05, 3.63) is 80.9 Å². The van der Waals surface area contributed by atoms with E-state index in [1.807, 2.05) is 6.92 Å². The first-order valence-corrected chi connectivity index (χ1v) is 11.4. The maximum absolute atomic E-state index is 13.4. The monoisotopic (exact) mass is 465 g/mol. The lowest BCUT2D eigenvalue weighted by Crippen LogP contribution is -3.14. The van der Waals surface area contributed by atoms with Gasteiger partial charge in [-0.25, -0.2) is 0 Å². The minimum Gasteiger partial charge on any atom is -0.872 e. The first kappa shape index (κ1) is 23.6. The molecule has 9 nitrogen and oxygen atoms in total. The Balaban J connectivity index is 1.70. The first-order chi connectivity index (χ1) is 16.4. The molecule has 34 heavy (non-hydrogen) atoms. The van der Waals surface area contributed by atoms with Crippen molar-refractivity contribution in [1.29, 1.82) is 0 Å². The van der Waals surface area contributed by atoms with Crippen molar-refractivity contribution < 1.29 is 29.3 Å². The van der Waals surface area contributed by atoms with Crippen molar-refractivity contribution in [2.75, 3.05) is 39.4 Å². The minimum atomic E-state index is -0.964. The summed E-state index contributed by atoms with van der Waals surface area (Å²) in [5.41, 5.74) is 1.31. The Bertz CT molecular complexity index is 1120. The number of carbonyl (C=O) groups excluding carboxylic acids is 2. The smallest absolute Gasteiger partial charge is 0.295 e. The van der Waals surface area contributed by atoms with E-state index in [-0.39, 0.29) is 17.8 Å². The second-order valence-corrected chi connectivity index (χ2v) is 8.66. The van der Waals surface area contributed by atoms with Gasteiger partial charge in [0.15, 0.2) is 0 Å². The molecule has 0 spiro atoms. The summed E-state index contributed by atoms with van der Waals surface area (Å²) < 4.78 is 5.38. The second kappa shape index (κ2) is 10.1. The molecule has 178 valence electrons. The number of hydrogen-bond acceptors (Lipinski definition) is 6. The van der Waals surface area contributed by atoms with E-state index in [1.165, 1.54) is 28.0 Å². The number of ether oxygens (including phenoxy) is 1. The van der Waals surface area contributed by atoms with E-state index >= 15 is 0 Å². The Morgan fingerprint density at radius 2 is 1.85 bits per heavy atom. The Morgan fingerprint density at radius 1 is 1.15 bits per heavy atom. The van der Waals surface area contributed by atoms with Crippen LogP contribution in [0.4, 0.5) is 5.69 Å². The molecule has 2 aromatic carbocycles. The fourth-order valence-corrected chi connectivity index (χ4v) is 4.53. The quantitative estimate of drug-likeness (QED) is 0.208. The van der Waals surface area contributed by atoms with Crippen molar-refractivity contribution in [3.8, 4) is 0 Å². The van der Waals surface area contributed by atoms with E-state index in [2.05, 4.69) is 0 Å². The Morgan fingerprint density at radius 3 is 2.53 bits per heavy atom. The first-order valence-electron chi connectivity index (χ1n) is 11.4. The molecule has 2 aromatic rings. The van der Waals surface area contributed by atoms with Crippen LogP contribution in [0.2, 0.25) is 0 Å². The number of likely N-dealkylation sites (tertiary alicyclic amines) is 1. The van der Waals surface area contributed by atoms with Gasteiger partial charge in [-0.15, -0.1) is 0 Å². The number of benzene rings is 2. The highest BCUT2D eigenvalue weighted by Crippen LogP contribution is 2.39. The number of aryl methyl sites for hydroxylation is 1. The number of non-ortho nitro benzene ring substituents is 1. The average molecular weight is 466 g/mol. The van der Waals surface area contributed by atoms with Gasteiger partial charge >= 0.3 is 0 Å². The molecule has 0 aromatic heterocycles. The Hall–Kier alpha value is -3.56. The number of rotatable bonds is 7. The second-order valence-electron chi connectivity index (χ2n) is 8.66. The maximum atomic E-state index is 13.4. The lowest BCUT2D eigenvalue weighted by Gasteiger charge is -2.29. The molecule has 1 N–H and O–H groups in total. The van der Waals surface area contributed by atoms with Gasteiger partial charge in [0.1, 0.15) is 13.1 Å². The van der Waals surface area contributed by atoms with Crippen LogP contribution in [-0.2, 0) is 14.3 Å². The fourth-order valence-electron chi connectivity index (χ4n) is 4.53. The number of carbonyl (C=O) groups is 2. The Labute approximate surface area is 197 Å². The predicted molar refractivity (Wildman–Crippen MR) is 122 cm³/mol. The number of nitrogens with zero attached hydrogens (tertiary/aromatic N) is 2. The lowest BCUT2D eigenvalue weighted by molar-refractivity contribution is -0.908. The van der Waals surface area contributed by atoms with E-state index in [4.69, 9.17) is 4.74 Å². The molecule has 1 amide bonds. The van der Waals surface area contributed by atoms with Crippen LogP contribution in [0.25, 0.3) is 5.76 Å². The summed E-state index contributed by atoms with van der Waals surface area (Å²) in [5.74, 6) is -2.12. The van der Waals surface area contributed by atoms with Gasteiger partial charge < -0.3 is 19.6 Å². The van der Waals surface area contributed by atoms with Gasteiger partial charge in [0.25, 0.3) is 11.6 Å². The van der Waals surface area contributed by atoms with E-state index in [0.717, 1.165) is 25.2 Å². The molecule has 2 aliphatic rings. The summed E-state index contributed by atoms with van der Waals surface area (Å²) in [6, 6.07) is 11.6. The molecule has 0 aliphatic carbocycles. The SMILES string of the molecule is Cc1ccc(C([O-])=C2C(=O)C(=O)N(CCC[NH+]3CCOCC3)C2c2cccc([N+](=O)[O-])c2)cc1. The third kappa shape index (κ3) is 4.85. The lowest BCUT2D eigenvalue weighted by atomic mass is 9.94. The highest BCUT2D eigenvalue weighted by molar-refractivity contribution is 6.46. The normalized spacial score (nSPS) is 20.6. The minimum absolute atomic E-state index is 0.159. The highest BCUT2D eigenvalue weighted by Gasteiger charge is 2.44. The summed E-state index contributed by atoms with van der Waals surface area (Å²) in [6.45, 7) is 6.09. The van der Waals surface area contributed by atoms with E-state index in [0.29, 0.717) is 30.8 Å². The molecule has 9 heteroatoms. The van der Waals surface area contributed by atoms with E-state index < -0.39 is 28.4 Å². The number of quaternary nitrogens is 1. The summed E-state index contributed by atoms with van der Waals surface area (Å²) >= 11 is 0. The zero-order valence-electron chi connectivity index (χ0n) is 19.0. The molecule has 0 radical (unpaired) electrons. The molecular weight excluding hydrogens is 438 g/mol. The van der Waals surface area contributed by atoms with Crippen LogP contribution in [0.1, 0.15) is 29.2 Å². The van der Waals surface area contributed by atoms with Gasteiger partial charge in [0, 0.05) is 30.7 Å². The van der Waals surface area contributed by atoms with Crippen LogP contribution in [0.15, 0.2) is 54.1 Å². The summed E-state index contributed by atoms with van der Waals surface area (Å²) in [4.78, 5) is 39.7. The van der Waals surface area contributed by atoms with Gasteiger partial charge in [-0.3, -0.25) is 19.7 Å². The van der Waals surface area contributed by atoms with E-state index in [9.17, 15) is 24.8 Å². The molecule has 1 unspecified atom stereocenters. The van der Waals surface area contributed by atoms with Crippen molar-refractivity contribution >= 4 is 23.1 Å². The standard InChI is InChI=1S/C25H27N3O6/c1-17-6-8-18(9-7-17)23(29)21-22(19-4-2-5-20(16-19)28(32)33)27(25(31)24(21)30)11-3-10-26-12-14-34-15-13-26/h2,4-9,16,22,29H,3,10-15H2,1H3. The van der Waals surface area contributed by atoms with Gasteiger partial charge in [0.05, 0.1) is 30.7 Å². The molecule has 2 aliphatic heterocycles. The number of morpholine rings is 1. The number of nitro groups is 1. The predicted octanol–water partition coefficient (Wildman–Crippen LogP) is 0.432. The fraction of sp³-hybridized carbons (Fsp3) is 0.360. The third-order valence-corrected chi connectivity index (χ3v) is 6.37. The molecule has 2 saturated heterocycles. The van der Waals surface area contributed by atoms with Gasteiger partial charge in [-0.2, -0.15) is 0 Å². The summed E-state index contributed by atoms with van der Waals surface area (Å²) in [7, 11) is 0. The van der Waals surface area contributed by atoms with Crippen molar-refractivity contribution in [2.24, 2.45) is 0 Å². The molecular formula is C25H27N3O6. The van der Waals surface area contributed by atoms with Crippen LogP contribution in [-0.4, -0.2) is 60.9 Å². The third-order valence-electron chi connectivity index (χ3n) is 6.37. The largest absolute Gasteiger partial charge is 0.872 e. The highest BCUT2D eigenvalue weighted by atomic mass is 16.6. The number of Topliss-reactive ketones (excluding diaryl/α,β-unsaturated/α-hetero) is 1. The maximum Gasteiger partial charge on any atom is 0.295 e. The number of nitro benzene ring substituents is 1. The van der Waals surface area contributed by atoms with Crippen LogP contribution in [0, 0.1) is 17.0 Å². The number of nitrogens with one attached hydrogen (secondary N) is 1. The number of ketones is 1. The zero-order valence-corrected chi connectivity index (χ0v) is 19.0. The van der Waals surface area contributed by atoms with Crippen LogP contribution >= 0.6 is 0 Å². The molecule has 0 bridgehead atoms. The van der Waals surface area contributed by atoms with Crippen LogP contribution in [0.3, 0.4) is 0 Å². The van der Waals surface area contributed by atoms with Gasteiger partial charge in [0.2, 0.25) is 5.78 Å². The molecule has 1 atom stereocenters. The van der Waals surface area contributed by atoms with Crippen molar-refractivity contribution in [3.63, 3.8) is 0 Å². The van der Waals surface area contributed by atoms with Gasteiger partial charge in [-0.1, -0.05) is 47.7 Å². The average Bonchev–Trinajstić information content (AvgIpc) is 3.10. The van der Waals surface area contributed by atoms with Crippen molar-refractivity contribution in [1.82, 2.24) is 4.90 Å². The summed E-state index contributed by atoms with van der Waals surface area (Å²) in [5, 5.41) is 24.8. The number of hydrogen-bond donors (Lipinski definition) is 1. The number of amides is 1. The molecule has 2 fully saturated rings. The topological polar surface area (TPSA) is 117 Å². The van der Waals surface area contributed by atoms with Crippen LogP contribution < -0.4 is 10.0 Å². The molecule has 4 rings (SSSR count). The van der Waals surface area contributed by atoms with E-state index in [1.54, 1.807) is 30.3 Å². The van der Waals surface area contributed by atoms with Crippen LogP contribution in [0.5, 0.6) is 0 Å². The molecule has 0 saturated carbocycles. The molecule has 2 heterocycles.